The number of carbonyl (C=O) groups is 2. The lowest BCUT2D eigenvalue weighted by Crippen LogP contribution is -2.36. The summed E-state index contributed by atoms with van der Waals surface area (Å²) in [6, 6.07) is 0. The maximum Gasteiger partial charge on any atom is 0.336 e. The number of dihydropyridines is 1. The lowest BCUT2D eigenvalue weighted by molar-refractivity contribution is -0.139. The highest BCUT2D eigenvalue weighted by Gasteiger charge is 2.43. The van der Waals surface area contributed by atoms with Gasteiger partial charge in [0, 0.05) is 17.8 Å². The number of hydrogen-bond donors (Lipinski definition) is 2. The van der Waals surface area contributed by atoms with Crippen molar-refractivity contribution in [3.63, 3.8) is 0 Å². The lowest BCUT2D eigenvalue weighted by atomic mass is 9.79. The zero-order valence-corrected chi connectivity index (χ0v) is 19.2. The molecule has 1 aliphatic heterocycles. The number of benzene rings is 1. The number of nitrogens with one attached hydrogen (secondary N) is 1. The van der Waals surface area contributed by atoms with Gasteiger partial charge >= 0.3 is 11.9 Å². The van der Waals surface area contributed by atoms with Crippen molar-refractivity contribution in [2.45, 2.75) is 19.8 Å². The predicted molar refractivity (Wildman–Crippen MR) is 111 cm³/mol. The number of ether oxygens (including phenoxy) is 4. The maximum absolute atomic E-state index is 14.9. The molecule has 1 aromatic carbocycles. The van der Waals surface area contributed by atoms with Gasteiger partial charge in [-0.1, -0.05) is 0 Å². The summed E-state index contributed by atoms with van der Waals surface area (Å²) >= 11 is 0. The van der Waals surface area contributed by atoms with Gasteiger partial charge < -0.3 is 30.0 Å². The van der Waals surface area contributed by atoms with E-state index >= 15 is 0 Å². The predicted octanol–water partition coefficient (Wildman–Crippen LogP) is 2.32. The molecule has 3 N–H and O–H groups in total. The summed E-state index contributed by atoms with van der Waals surface area (Å²) in [6.45, 7) is 2.87. The van der Waals surface area contributed by atoms with Crippen LogP contribution in [0.5, 0.6) is 0 Å². The van der Waals surface area contributed by atoms with Gasteiger partial charge in [-0.25, -0.2) is 31.5 Å². The van der Waals surface area contributed by atoms with Gasteiger partial charge in [0.05, 0.1) is 62.9 Å². The van der Waals surface area contributed by atoms with Crippen LogP contribution in [-0.4, -0.2) is 58.6 Å². The molecule has 1 aromatic rings. The highest BCUT2D eigenvalue weighted by Crippen LogP contribution is 2.42. The molecular weight excluding hydrogens is 483 g/mol. The van der Waals surface area contributed by atoms with Gasteiger partial charge in [-0.2, -0.15) is 0 Å². The summed E-state index contributed by atoms with van der Waals surface area (Å²) in [7, 11) is 0.950. The Hall–Kier alpha value is -3.03. The first-order chi connectivity index (χ1) is 16.6. The number of carbonyl (C=O) groups excluding carboxylic acids is 2. The Bertz CT molecular complexity index is 1010. The normalized spacial score (nSPS) is 15.9. The van der Waals surface area contributed by atoms with E-state index in [0.717, 1.165) is 7.11 Å². The molecule has 35 heavy (non-hydrogen) atoms. The van der Waals surface area contributed by atoms with Gasteiger partial charge in [-0.3, -0.25) is 0 Å². The highest BCUT2D eigenvalue weighted by atomic mass is 19.2. The second-order valence-corrected chi connectivity index (χ2v) is 7.14. The number of nitrogens with two attached hydrogens (primary N) is 1. The van der Waals surface area contributed by atoms with E-state index in [1.807, 2.05) is 0 Å². The average Bonchev–Trinajstić information content (AvgIpc) is 2.83. The third kappa shape index (κ3) is 5.97. The average molecular weight is 508 g/mol. The summed E-state index contributed by atoms with van der Waals surface area (Å²) in [5.41, 5.74) is 2.61. The van der Waals surface area contributed by atoms with Gasteiger partial charge in [0.2, 0.25) is 5.82 Å². The number of rotatable bonds is 11. The van der Waals surface area contributed by atoms with Crippen LogP contribution in [0.15, 0.2) is 22.5 Å². The molecule has 194 valence electrons. The maximum atomic E-state index is 14.9. The first-order valence-corrected chi connectivity index (χ1v) is 10.4. The molecular formula is C22H25F5N2O6. The first kappa shape index (κ1) is 28.2. The fourth-order valence-corrected chi connectivity index (χ4v) is 3.48. The number of methoxy groups -OCH3 is 1. The van der Waals surface area contributed by atoms with E-state index < -0.39 is 63.7 Å². The zero-order chi connectivity index (χ0) is 26.3. The molecule has 0 spiro atoms. The van der Waals surface area contributed by atoms with Gasteiger partial charge in [0.15, 0.2) is 23.3 Å². The molecule has 0 amide bonds. The summed E-state index contributed by atoms with van der Waals surface area (Å²) in [6.07, 6.45) is 0. The molecule has 0 unspecified atom stereocenters. The van der Waals surface area contributed by atoms with Crippen LogP contribution < -0.4 is 11.1 Å². The standard InChI is InChI=1S/C22H25F5N2O6/c1-4-35-22(31)13-11(9-34-8-7-33-6-5-28)29-10(2)12(21(30)32-3)14(13)15-16(23)18(25)20(27)19(26)17(15)24/h14,29H,4-9,28H2,1-3H3/t14-/m1/s1. The minimum atomic E-state index is -2.39. The van der Waals surface area contributed by atoms with Crippen molar-refractivity contribution >= 4 is 11.9 Å². The minimum Gasteiger partial charge on any atom is -0.466 e. The van der Waals surface area contributed by atoms with Gasteiger partial charge in [-0.05, 0) is 13.8 Å². The topological polar surface area (TPSA) is 109 Å². The Kier molecular flexibility index (Phi) is 10.2. The fraction of sp³-hybridized carbons (Fsp3) is 0.455. The van der Waals surface area contributed by atoms with Crippen LogP contribution in [0.25, 0.3) is 0 Å². The molecule has 2 rings (SSSR count). The van der Waals surface area contributed by atoms with Crippen LogP contribution in [0, 0.1) is 29.1 Å². The van der Waals surface area contributed by atoms with Crippen molar-refractivity contribution < 1.29 is 50.5 Å². The van der Waals surface area contributed by atoms with Crippen molar-refractivity contribution in [1.29, 1.82) is 0 Å². The fourth-order valence-electron chi connectivity index (χ4n) is 3.48. The summed E-state index contributed by atoms with van der Waals surface area (Å²) in [4.78, 5) is 25.4. The Morgan fingerprint density at radius 3 is 2.00 bits per heavy atom. The van der Waals surface area contributed by atoms with E-state index in [-0.39, 0.29) is 51.0 Å². The van der Waals surface area contributed by atoms with Gasteiger partial charge in [0.25, 0.3) is 0 Å². The molecule has 0 aliphatic carbocycles. The molecule has 0 bridgehead atoms. The highest BCUT2D eigenvalue weighted by molar-refractivity contribution is 6.00. The quantitative estimate of drug-likeness (QED) is 0.154. The molecule has 0 fully saturated rings. The Morgan fingerprint density at radius 1 is 0.886 bits per heavy atom. The molecule has 1 heterocycles. The third-order valence-corrected chi connectivity index (χ3v) is 4.96. The zero-order valence-electron chi connectivity index (χ0n) is 19.2. The molecule has 0 aromatic heterocycles. The Morgan fingerprint density at radius 2 is 1.46 bits per heavy atom. The van der Waals surface area contributed by atoms with Crippen LogP contribution in [-0.2, 0) is 28.5 Å². The number of allylic oxidation sites excluding steroid dienone is 1. The second kappa shape index (κ2) is 12.6. The van der Waals surface area contributed by atoms with E-state index in [1.54, 1.807) is 0 Å². The molecule has 0 saturated carbocycles. The minimum absolute atomic E-state index is 0.0150. The number of esters is 2. The molecule has 13 heteroatoms. The van der Waals surface area contributed by atoms with E-state index in [4.69, 9.17) is 19.9 Å². The molecule has 0 radical (unpaired) electrons. The van der Waals surface area contributed by atoms with Crippen molar-refractivity contribution in [1.82, 2.24) is 5.32 Å². The van der Waals surface area contributed by atoms with Crippen molar-refractivity contribution in [2.75, 3.05) is 46.7 Å². The summed E-state index contributed by atoms with van der Waals surface area (Å²) in [5.74, 6) is -15.7. The largest absolute Gasteiger partial charge is 0.466 e. The van der Waals surface area contributed by atoms with Crippen LogP contribution in [0.4, 0.5) is 22.0 Å². The van der Waals surface area contributed by atoms with Crippen molar-refractivity contribution in [3.05, 3.63) is 57.2 Å². The van der Waals surface area contributed by atoms with Crippen LogP contribution in [0.1, 0.15) is 25.3 Å². The van der Waals surface area contributed by atoms with E-state index in [9.17, 15) is 31.5 Å². The van der Waals surface area contributed by atoms with Crippen molar-refractivity contribution in [2.24, 2.45) is 5.73 Å². The molecule has 1 aliphatic rings. The number of halogens is 5. The van der Waals surface area contributed by atoms with E-state index in [2.05, 4.69) is 10.1 Å². The van der Waals surface area contributed by atoms with Crippen LogP contribution in [0.2, 0.25) is 0 Å². The van der Waals surface area contributed by atoms with Crippen LogP contribution in [0.3, 0.4) is 0 Å². The first-order valence-electron chi connectivity index (χ1n) is 10.4. The SMILES string of the molecule is CCOC(=O)C1=C(COCCOCCN)NC(C)=C(C(=O)OC)[C@H]1c1c(F)c(F)c(F)c(F)c1F. The summed E-state index contributed by atoms with van der Waals surface area (Å²) in [5, 5.41) is 2.72. The van der Waals surface area contributed by atoms with E-state index in [1.165, 1.54) is 13.8 Å². The molecule has 0 saturated heterocycles. The third-order valence-electron chi connectivity index (χ3n) is 4.96. The smallest absolute Gasteiger partial charge is 0.336 e. The van der Waals surface area contributed by atoms with Gasteiger partial charge in [0.1, 0.15) is 0 Å². The Balaban J connectivity index is 2.71. The molecule has 1 atom stereocenters. The lowest BCUT2D eigenvalue weighted by Gasteiger charge is -2.31. The van der Waals surface area contributed by atoms with Gasteiger partial charge in [-0.15, -0.1) is 0 Å². The Labute approximate surface area is 197 Å². The number of hydrogen-bond acceptors (Lipinski definition) is 8. The monoisotopic (exact) mass is 508 g/mol. The molecule has 8 nitrogen and oxygen atoms in total. The van der Waals surface area contributed by atoms with E-state index in [0.29, 0.717) is 0 Å². The second-order valence-electron chi connectivity index (χ2n) is 7.14. The summed E-state index contributed by atoms with van der Waals surface area (Å²) < 4.78 is 91.9. The van der Waals surface area contributed by atoms with Crippen molar-refractivity contribution in [3.8, 4) is 0 Å². The van der Waals surface area contributed by atoms with Crippen LogP contribution >= 0.6 is 0 Å².